The van der Waals surface area contributed by atoms with Gasteiger partial charge in [0.15, 0.2) is 0 Å². The summed E-state index contributed by atoms with van der Waals surface area (Å²) in [6.07, 6.45) is 1.64. The van der Waals surface area contributed by atoms with Gasteiger partial charge < -0.3 is 0 Å². The maximum absolute atomic E-state index is 12.0. The molecule has 2 aromatic rings. The molecular weight excluding hydrogens is 210 g/mol. The average molecular weight is 221 g/mol. The molecule has 5 heteroatoms. The Morgan fingerprint density at radius 2 is 2.47 bits per heavy atom. The molecule has 0 atom stereocenters. The van der Waals surface area contributed by atoms with Gasteiger partial charge in [-0.05, 0) is 18.4 Å². The van der Waals surface area contributed by atoms with E-state index in [1.54, 1.807) is 17.2 Å². The van der Waals surface area contributed by atoms with Gasteiger partial charge in [0, 0.05) is 12.6 Å². The van der Waals surface area contributed by atoms with Crippen molar-refractivity contribution in [3.8, 4) is 0 Å². The molecule has 15 heavy (non-hydrogen) atoms. The molecule has 0 unspecified atom stereocenters. The highest BCUT2D eigenvalue weighted by atomic mass is 32.1. The van der Waals surface area contributed by atoms with Crippen LogP contribution in [0.15, 0.2) is 29.8 Å². The number of aromatic amines is 1. The van der Waals surface area contributed by atoms with Crippen LogP contribution < -0.4 is 4.90 Å². The Morgan fingerprint density at radius 1 is 1.60 bits per heavy atom. The molecule has 78 valence electrons. The van der Waals surface area contributed by atoms with E-state index in [1.165, 1.54) is 11.3 Å². The molecule has 0 aliphatic rings. The predicted molar refractivity (Wildman–Crippen MR) is 60.3 cm³/mol. The quantitative estimate of drug-likeness (QED) is 0.863. The minimum atomic E-state index is 0.0109. The molecule has 0 bridgehead atoms. The number of rotatable bonds is 3. The van der Waals surface area contributed by atoms with Gasteiger partial charge in [0.1, 0.15) is 5.82 Å². The molecular formula is C10H11N3OS. The van der Waals surface area contributed by atoms with Crippen LogP contribution in [0.25, 0.3) is 0 Å². The normalized spacial score (nSPS) is 10.2. The number of anilines is 1. The third-order valence-electron chi connectivity index (χ3n) is 2.07. The minimum Gasteiger partial charge on any atom is -0.293 e. The lowest BCUT2D eigenvalue weighted by molar-refractivity contribution is 0.0991. The highest BCUT2D eigenvalue weighted by molar-refractivity contribution is 7.12. The number of thiophene rings is 1. The predicted octanol–water partition coefficient (Wildman–Crippen LogP) is 2.14. The van der Waals surface area contributed by atoms with Crippen LogP contribution in [0.3, 0.4) is 0 Å². The third kappa shape index (κ3) is 1.92. The zero-order chi connectivity index (χ0) is 10.7. The van der Waals surface area contributed by atoms with Crippen LogP contribution in [0.1, 0.15) is 16.6 Å². The molecule has 2 heterocycles. The second-order valence-electron chi connectivity index (χ2n) is 2.97. The van der Waals surface area contributed by atoms with Crippen molar-refractivity contribution in [2.75, 3.05) is 11.4 Å². The van der Waals surface area contributed by atoms with Crippen LogP contribution in [-0.2, 0) is 0 Å². The first kappa shape index (κ1) is 9.92. The maximum atomic E-state index is 12.0. The molecule has 2 rings (SSSR count). The topological polar surface area (TPSA) is 49.0 Å². The number of nitrogens with one attached hydrogen (secondary N) is 1. The number of aromatic nitrogens is 2. The number of amides is 1. The average Bonchev–Trinajstić information content (AvgIpc) is 2.91. The van der Waals surface area contributed by atoms with Gasteiger partial charge in [0.2, 0.25) is 0 Å². The van der Waals surface area contributed by atoms with Gasteiger partial charge in [0.25, 0.3) is 5.91 Å². The van der Waals surface area contributed by atoms with Crippen molar-refractivity contribution in [1.29, 1.82) is 0 Å². The molecule has 4 nitrogen and oxygen atoms in total. The van der Waals surface area contributed by atoms with E-state index in [-0.39, 0.29) is 5.91 Å². The molecule has 0 fully saturated rings. The van der Waals surface area contributed by atoms with Gasteiger partial charge in [-0.25, -0.2) is 0 Å². The first-order valence-corrected chi connectivity index (χ1v) is 5.55. The fourth-order valence-corrected chi connectivity index (χ4v) is 2.03. The number of nitrogens with zero attached hydrogens (tertiary/aromatic N) is 2. The zero-order valence-corrected chi connectivity index (χ0v) is 9.12. The number of carbonyl (C=O) groups is 1. The summed E-state index contributed by atoms with van der Waals surface area (Å²) in [6.45, 7) is 2.56. The molecule has 0 saturated carbocycles. The number of hydrogen-bond acceptors (Lipinski definition) is 3. The van der Waals surface area contributed by atoms with Crippen molar-refractivity contribution in [3.63, 3.8) is 0 Å². The van der Waals surface area contributed by atoms with Gasteiger partial charge in [-0.3, -0.25) is 14.8 Å². The van der Waals surface area contributed by atoms with Crippen molar-refractivity contribution >= 4 is 23.1 Å². The zero-order valence-electron chi connectivity index (χ0n) is 8.30. The largest absolute Gasteiger partial charge is 0.293 e. The van der Waals surface area contributed by atoms with Crippen molar-refractivity contribution in [2.24, 2.45) is 0 Å². The summed E-state index contributed by atoms with van der Waals surface area (Å²) in [4.78, 5) is 14.4. The second kappa shape index (κ2) is 4.27. The van der Waals surface area contributed by atoms with Gasteiger partial charge in [-0.1, -0.05) is 6.07 Å². The molecule has 0 aromatic carbocycles. The van der Waals surface area contributed by atoms with Crippen molar-refractivity contribution < 1.29 is 4.79 Å². The Bertz CT molecular complexity index is 421. The van der Waals surface area contributed by atoms with E-state index in [4.69, 9.17) is 0 Å². The summed E-state index contributed by atoms with van der Waals surface area (Å²) in [5.41, 5.74) is 0. The molecule has 2 aromatic heterocycles. The van der Waals surface area contributed by atoms with E-state index in [0.717, 1.165) is 10.7 Å². The molecule has 0 saturated heterocycles. The second-order valence-corrected chi connectivity index (χ2v) is 3.92. The van der Waals surface area contributed by atoms with Crippen LogP contribution in [-0.4, -0.2) is 22.6 Å². The van der Waals surface area contributed by atoms with E-state index in [2.05, 4.69) is 10.2 Å². The summed E-state index contributed by atoms with van der Waals surface area (Å²) in [6, 6.07) is 5.49. The Labute approximate surface area is 91.5 Å². The summed E-state index contributed by atoms with van der Waals surface area (Å²) in [7, 11) is 0. The summed E-state index contributed by atoms with van der Waals surface area (Å²) in [5, 5.41) is 8.53. The van der Waals surface area contributed by atoms with E-state index in [0.29, 0.717) is 6.54 Å². The highest BCUT2D eigenvalue weighted by Crippen LogP contribution is 2.16. The lowest BCUT2D eigenvalue weighted by atomic mass is 10.4. The molecule has 0 spiro atoms. The molecule has 0 aliphatic carbocycles. The maximum Gasteiger partial charge on any atom is 0.269 e. The smallest absolute Gasteiger partial charge is 0.269 e. The van der Waals surface area contributed by atoms with Gasteiger partial charge in [0.05, 0.1) is 11.1 Å². The molecule has 0 radical (unpaired) electrons. The van der Waals surface area contributed by atoms with Gasteiger partial charge in [-0.2, -0.15) is 5.10 Å². The molecule has 0 aliphatic heterocycles. The Balaban J connectivity index is 2.25. The summed E-state index contributed by atoms with van der Waals surface area (Å²) >= 11 is 1.45. The molecule has 1 amide bonds. The van der Waals surface area contributed by atoms with Crippen LogP contribution in [0.2, 0.25) is 0 Å². The summed E-state index contributed by atoms with van der Waals surface area (Å²) in [5.74, 6) is 0.743. The Morgan fingerprint density at radius 3 is 3.00 bits per heavy atom. The third-order valence-corrected chi connectivity index (χ3v) is 2.93. The first-order chi connectivity index (χ1) is 7.33. The lowest BCUT2D eigenvalue weighted by Gasteiger charge is -2.17. The van der Waals surface area contributed by atoms with Crippen molar-refractivity contribution in [3.05, 3.63) is 34.7 Å². The van der Waals surface area contributed by atoms with E-state index >= 15 is 0 Å². The standard InChI is InChI=1S/C10H11N3OS/c1-2-13(9-5-6-11-12-9)10(14)8-4-3-7-15-8/h3-7H,2H2,1H3,(H,11,12). The van der Waals surface area contributed by atoms with Crippen LogP contribution in [0.4, 0.5) is 5.82 Å². The van der Waals surface area contributed by atoms with Crippen molar-refractivity contribution in [1.82, 2.24) is 10.2 Å². The van der Waals surface area contributed by atoms with Gasteiger partial charge in [-0.15, -0.1) is 11.3 Å². The molecule has 1 N–H and O–H groups in total. The van der Waals surface area contributed by atoms with Gasteiger partial charge >= 0.3 is 0 Å². The SMILES string of the molecule is CCN(C(=O)c1cccs1)c1ccn[nH]1. The monoisotopic (exact) mass is 221 g/mol. The summed E-state index contributed by atoms with van der Waals surface area (Å²) < 4.78 is 0. The van der Waals surface area contributed by atoms with E-state index in [1.807, 2.05) is 24.4 Å². The van der Waals surface area contributed by atoms with Crippen LogP contribution in [0.5, 0.6) is 0 Å². The highest BCUT2D eigenvalue weighted by Gasteiger charge is 2.17. The van der Waals surface area contributed by atoms with E-state index < -0.39 is 0 Å². The lowest BCUT2D eigenvalue weighted by Crippen LogP contribution is -2.30. The van der Waals surface area contributed by atoms with Crippen LogP contribution >= 0.6 is 11.3 Å². The van der Waals surface area contributed by atoms with Crippen molar-refractivity contribution in [2.45, 2.75) is 6.92 Å². The number of hydrogen-bond donors (Lipinski definition) is 1. The fraction of sp³-hybridized carbons (Fsp3) is 0.200. The first-order valence-electron chi connectivity index (χ1n) is 4.67. The van der Waals surface area contributed by atoms with Crippen LogP contribution in [0, 0.1) is 0 Å². The van der Waals surface area contributed by atoms with E-state index in [9.17, 15) is 4.79 Å². The Hall–Kier alpha value is -1.62. The fourth-order valence-electron chi connectivity index (χ4n) is 1.36. The Kier molecular flexibility index (Phi) is 2.82. The number of carbonyl (C=O) groups excluding carboxylic acids is 1. The number of H-pyrrole nitrogens is 1. The minimum absolute atomic E-state index is 0.0109.